The zero-order valence-electron chi connectivity index (χ0n) is 6.85. The summed E-state index contributed by atoms with van der Waals surface area (Å²) in [6, 6.07) is 0. The summed E-state index contributed by atoms with van der Waals surface area (Å²) in [6.07, 6.45) is -11.3. The Morgan fingerprint density at radius 3 is 1.40 bits per heavy atom. The second-order valence-electron chi connectivity index (χ2n) is 2.09. The van der Waals surface area contributed by atoms with Gasteiger partial charge in [0.15, 0.2) is 0 Å². The van der Waals surface area contributed by atoms with Crippen molar-refractivity contribution in [3.63, 3.8) is 0 Å². The van der Waals surface area contributed by atoms with E-state index in [-0.39, 0.29) is 6.92 Å². The molecule has 0 saturated heterocycles. The monoisotopic (exact) mass is 260 g/mol. The molecule has 0 rings (SSSR count). The topological polar surface area (TPSA) is 52.6 Å². The van der Waals surface area contributed by atoms with Crippen LogP contribution >= 0.6 is 7.60 Å². The maximum absolute atomic E-state index is 11.5. The van der Waals surface area contributed by atoms with Crippen molar-refractivity contribution in [2.45, 2.75) is 19.6 Å². The van der Waals surface area contributed by atoms with Gasteiger partial charge >= 0.3 is 20.3 Å². The second kappa shape index (κ2) is 4.11. The van der Waals surface area contributed by atoms with E-state index in [2.05, 4.69) is 9.05 Å². The fourth-order valence-corrected chi connectivity index (χ4v) is 1.26. The SMILES string of the molecule is CC(=O)P(=O)(OC(F)(F)F)OC(F)(F)F. The summed E-state index contributed by atoms with van der Waals surface area (Å²) in [5.74, 6) is 0. The van der Waals surface area contributed by atoms with E-state index in [0.29, 0.717) is 0 Å². The van der Waals surface area contributed by atoms with Crippen molar-refractivity contribution in [3.8, 4) is 0 Å². The highest BCUT2D eigenvalue weighted by atomic mass is 31.2. The van der Waals surface area contributed by atoms with E-state index in [4.69, 9.17) is 0 Å². The largest absolute Gasteiger partial charge is 0.529 e. The average Bonchev–Trinajstić information content (AvgIpc) is 1.75. The highest BCUT2D eigenvalue weighted by Gasteiger charge is 2.51. The summed E-state index contributed by atoms with van der Waals surface area (Å²) in [4.78, 5) is 10.3. The molecule has 0 saturated carbocycles. The lowest BCUT2D eigenvalue weighted by atomic mass is 10.9. The van der Waals surface area contributed by atoms with Gasteiger partial charge in [-0.15, -0.1) is 26.3 Å². The Bertz CT molecular complexity index is 272. The molecule has 0 bridgehead atoms. The Hall–Kier alpha value is -0.600. The lowest BCUT2D eigenvalue weighted by Gasteiger charge is -2.17. The van der Waals surface area contributed by atoms with Crippen LogP contribution in [0.3, 0.4) is 0 Å². The minimum atomic E-state index is -5.92. The number of alkyl halides is 6. The maximum atomic E-state index is 11.5. The molecule has 0 aromatic carbocycles. The molecule has 0 fully saturated rings. The fraction of sp³-hybridized carbons (Fsp3) is 0.750. The molecule has 0 heterocycles. The van der Waals surface area contributed by atoms with Gasteiger partial charge in [-0.05, 0) is 0 Å². The van der Waals surface area contributed by atoms with Gasteiger partial charge in [0.25, 0.3) is 0 Å². The summed E-state index contributed by atoms with van der Waals surface area (Å²) in [5, 5.41) is 0. The molecule has 0 aliphatic rings. The summed E-state index contributed by atoms with van der Waals surface area (Å²) < 4.78 is 84.7. The van der Waals surface area contributed by atoms with Gasteiger partial charge in [0.05, 0.1) is 0 Å². The molecular weight excluding hydrogens is 257 g/mol. The van der Waals surface area contributed by atoms with Crippen LogP contribution in [0.2, 0.25) is 0 Å². The first-order chi connectivity index (χ1) is 6.36. The third kappa shape index (κ3) is 5.75. The number of hydrogen-bond acceptors (Lipinski definition) is 4. The quantitative estimate of drug-likeness (QED) is 0.578. The van der Waals surface area contributed by atoms with Crippen molar-refractivity contribution in [1.29, 1.82) is 0 Å². The van der Waals surface area contributed by atoms with Crippen LogP contribution in [-0.4, -0.2) is 18.2 Å². The molecule has 0 aromatic heterocycles. The number of carbonyl (C=O) groups is 1. The molecule has 11 heteroatoms. The van der Waals surface area contributed by atoms with Gasteiger partial charge in [-0.25, -0.2) is 9.05 Å². The fourth-order valence-electron chi connectivity index (χ4n) is 0.420. The Morgan fingerprint density at radius 2 is 1.27 bits per heavy atom. The van der Waals surface area contributed by atoms with Crippen LogP contribution in [0, 0.1) is 0 Å². The minimum Gasteiger partial charge on any atom is -0.286 e. The molecule has 0 aromatic rings. The van der Waals surface area contributed by atoms with Crippen LogP contribution in [0.5, 0.6) is 0 Å². The van der Waals surface area contributed by atoms with E-state index in [0.717, 1.165) is 0 Å². The Balaban J connectivity index is 4.94. The standard InChI is InChI=1S/C4H3F6O4P/c1-2(11)15(12,13-3(5,6)7)14-4(8,9)10/h1H3. The van der Waals surface area contributed by atoms with Crippen molar-refractivity contribution in [2.24, 2.45) is 0 Å². The number of halogens is 6. The highest BCUT2D eigenvalue weighted by molar-refractivity contribution is 7.71. The van der Waals surface area contributed by atoms with Gasteiger partial charge in [-0.1, -0.05) is 0 Å². The van der Waals surface area contributed by atoms with Crippen LogP contribution in [0.4, 0.5) is 26.3 Å². The van der Waals surface area contributed by atoms with E-state index < -0.39 is 25.8 Å². The molecule has 0 aliphatic heterocycles. The molecule has 0 amide bonds. The van der Waals surface area contributed by atoms with E-state index >= 15 is 0 Å². The Kier molecular flexibility index (Phi) is 3.94. The molecule has 0 atom stereocenters. The zero-order valence-corrected chi connectivity index (χ0v) is 7.74. The smallest absolute Gasteiger partial charge is 0.286 e. The van der Waals surface area contributed by atoms with Gasteiger partial charge in [0, 0.05) is 6.92 Å². The number of rotatable bonds is 3. The summed E-state index contributed by atoms with van der Waals surface area (Å²) in [6.45, 7) is 0.220. The zero-order chi connectivity index (χ0) is 12.5. The first-order valence-corrected chi connectivity index (χ1v) is 4.56. The van der Waals surface area contributed by atoms with Crippen molar-refractivity contribution in [1.82, 2.24) is 0 Å². The van der Waals surface area contributed by atoms with Crippen LogP contribution in [0.25, 0.3) is 0 Å². The van der Waals surface area contributed by atoms with Crippen LogP contribution < -0.4 is 0 Å². The molecule has 4 nitrogen and oxygen atoms in total. The molecule has 0 spiro atoms. The number of carbonyl (C=O) groups excluding carboxylic acids is 1. The third-order valence-corrected chi connectivity index (χ3v) is 2.50. The molecule has 0 N–H and O–H groups in total. The third-order valence-electron chi connectivity index (χ3n) is 0.833. The molecule has 90 valence electrons. The normalized spacial score (nSPS) is 14.1. The average molecular weight is 260 g/mol. The molecule has 0 radical (unpaired) electrons. The van der Waals surface area contributed by atoms with Gasteiger partial charge in [-0.3, -0.25) is 9.36 Å². The first-order valence-electron chi connectivity index (χ1n) is 3.02. The van der Waals surface area contributed by atoms with Crippen molar-refractivity contribution in [2.75, 3.05) is 0 Å². The Labute approximate surface area is 78.7 Å². The van der Waals surface area contributed by atoms with Gasteiger partial charge in [0.2, 0.25) is 5.52 Å². The summed E-state index contributed by atoms with van der Waals surface area (Å²) in [5.41, 5.74) is -2.00. The maximum Gasteiger partial charge on any atom is 0.529 e. The molecule has 0 unspecified atom stereocenters. The lowest BCUT2D eigenvalue weighted by Crippen LogP contribution is -2.21. The first kappa shape index (κ1) is 14.4. The summed E-state index contributed by atoms with van der Waals surface area (Å²) >= 11 is 0. The molecular formula is C4H3F6O4P. The van der Waals surface area contributed by atoms with Crippen molar-refractivity contribution in [3.05, 3.63) is 0 Å². The van der Waals surface area contributed by atoms with Gasteiger partial charge in [0.1, 0.15) is 0 Å². The predicted molar refractivity (Wildman–Crippen MR) is 32.6 cm³/mol. The Morgan fingerprint density at radius 1 is 1.00 bits per heavy atom. The molecule has 0 aliphatic carbocycles. The van der Waals surface area contributed by atoms with Gasteiger partial charge < -0.3 is 0 Å². The molecule has 15 heavy (non-hydrogen) atoms. The summed E-state index contributed by atoms with van der Waals surface area (Å²) in [7, 11) is -5.92. The van der Waals surface area contributed by atoms with E-state index in [9.17, 15) is 35.7 Å². The van der Waals surface area contributed by atoms with E-state index in [1.807, 2.05) is 0 Å². The minimum absolute atomic E-state index is 0.220. The van der Waals surface area contributed by atoms with E-state index in [1.54, 1.807) is 0 Å². The van der Waals surface area contributed by atoms with Crippen LogP contribution in [0.1, 0.15) is 6.92 Å². The predicted octanol–water partition coefficient (Wildman–Crippen LogP) is 2.80. The number of hydrogen-bond donors (Lipinski definition) is 0. The van der Waals surface area contributed by atoms with Gasteiger partial charge in [-0.2, -0.15) is 0 Å². The second-order valence-corrected chi connectivity index (χ2v) is 4.08. The lowest BCUT2D eigenvalue weighted by molar-refractivity contribution is -0.306. The van der Waals surface area contributed by atoms with Crippen LogP contribution in [-0.2, 0) is 18.4 Å². The van der Waals surface area contributed by atoms with Crippen LogP contribution in [0.15, 0.2) is 0 Å². The van der Waals surface area contributed by atoms with Crippen molar-refractivity contribution >= 4 is 13.1 Å². The highest BCUT2D eigenvalue weighted by Crippen LogP contribution is 2.56. The van der Waals surface area contributed by atoms with Crippen molar-refractivity contribution < 1.29 is 44.7 Å². The van der Waals surface area contributed by atoms with E-state index in [1.165, 1.54) is 0 Å².